The summed E-state index contributed by atoms with van der Waals surface area (Å²) in [5.41, 5.74) is 0. The van der Waals surface area contributed by atoms with Gasteiger partial charge in [0.1, 0.15) is 11.6 Å². The number of ketones is 2. The van der Waals surface area contributed by atoms with E-state index in [4.69, 9.17) is 4.74 Å². The predicted octanol–water partition coefficient (Wildman–Crippen LogP) is 2.17. The highest BCUT2D eigenvalue weighted by molar-refractivity contribution is 6.01. The van der Waals surface area contributed by atoms with Crippen LogP contribution < -0.4 is 0 Å². The average molecular weight is 302 g/mol. The normalized spacial score (nSPS) is 44.0. The first-order chi connectivity index (χ1) is 10.6. The molecule has 118 valence electrons. The number of carbonyl (C=O) groups excluding carboxylic acids is 3. The Kier molecular flexibility index (Phi) is 3.24. The van der Waals surface area contributed by atoms with E-state index in [1.165, 1.54) is 0 Å². The molecule has 7 atom stereocenters. The largest absolute Gasteiger partial charge is 0.465 e. The van der Waals surface area contributed by atoms with E-state index in [-0.39, 0.29) is 59.0 Å². The minimum Gasteiger partial charge on any atom is -0.465 e. The van der Waals surface area contributed by atoms with Crippen LogP contribution in [0.3, 0.4) is 0 Å². The third-order valence-corrected chi connectivity index (χ3v) is 6.27. The van der Waals surface area contributed by atoms with Crippen molar-refractivity contribution in [2.45, 2.75) is 32.6 Å². The maximum atomic E-state index is 12.6. The van der Waals surface area contributed by atoms with Crippen LogP contribution in [0, 0.1) is 41.4 Å². The van der Waals surface area contributed by atoms with Crippen LogP contribution in [0.4, 0.5) is 0 Å². The second-order valence-electron chi connectivity index (χ2n) is 7.24. The van der Waals surface area contributed by atoms with Crippen LogP contribution in [0.1, 0.15) is 32.6 Å². The standard InChI is InChI=1S/C18H22O4/c1-2-3-4-7-22-18(21)12-8-11-13-9-5-6-10(16(9)19)14(13)15(12)17(11)20/h5-6,9-15H,2-4,7-8H2,1H3. The number of hydrogen-bond donors (Lipinski definition) is 0. The van der Waals surface area contributed by atoms with E-state index in [1.54, 1.807) is 0 Å². The van der Waals surface area contributed by atoms with Crippen LogP contribution in [0.2, 0.25) is 0 Å². The van der Waals surface area contributed by atoms with Gasteiger partial charge in [0.2, 0.25) is 0 Å². The number of unbranched alkanes of at least 4 members (excludes halogenated alkanes) is 2. The molecule has 3 saturated carbocycles. The molecule has 0 radical (unpaired) electrons. The Balaban J connectivity index is 1.48. The Hall–Kier alpha value is -1.45. The van der Waals surface area contributed by atoms with E-state index in [0.717, 1.165) is 19.3 Å². The van der Waals surface area contributed by atoms with E-state index < -0.39 is 0 Å². The van der Waals surface area contributed by atoms with Crippen molar-refractivity contribution in [3.63, 3.8) is 0 Å². The molecular weight excluding hydrogens is 280 g/mol. The highest BCUT2D eigenvalue weighted by atomic mass is 16.5. The molecule has 4 heteroatoms. The van der Waals surface area contributed by atoms with E-state index in [0.29, 0.717) is 13.0 Å². The number of hydrogen-bond acceptors (Lipinski definition) is 4. The highest BCUT2D eigenvalue weighted by Crippen LogP contribution is 2.64. The number of ether oxygens (including phenoxy) is 1. The van der Waals surface area contributed by atoms with Crippen molar-refractivity contribution < 1.29 is 19.1 Å². The summed E-state index contributed by atoms with van der Waals surface area (Å²) in [4.78, 5) is 37.1. The molecule has 0 aliphatic heterocycles. The Morgan fingerprint density at radius 3 is 2.59 bits per heavy atom. The molecule has 0 N–H and O–H groups in total. The molecule has 0 aromatic heterocycles. The van der Waals surface area contributed by atoms with Gasteiger partial charge in [-0.3, -0.25) is 14.4 Å². The summed E-state index contributed by atoms with van der Waals surface area (Å²) in [6.07, 6.45) is 7.57. The molecule has 0 saturated heterocycles. The van der Waals surface area contributed by atoms with Crippen molar-refractivity contribution >= 4 is 17.5 Å². The summed E-state index contributed by atoms with van der Waals surface area (Å²) in [5, 5.41) is 0. The fraction of sp³-hybridized carbons (Fsp3) is 0.722. The maximum absolute atomic E-state index is 12.6. The van der Waals surface area contributed by atoms with Gasteiger partial charge in [-0.1, -0.05) is 31.9 Å². The van der Waals surface area contributed by atoms with Crippen LogP contribution in [-0.2, 0) is 19.1 Å². The first-order valence-electron chi connectivity index (χ1n) is 8.57. The summed E-state index contributed by atoms with van der Waals surface area (Å²) in [6, 6.07) is 0. The second kappa shape index (κ2) is 5.04. The van der Waals surface area contributed by atoms with Crippen LogP contribution in [0.25, 0.3) is 0 Å². The fourth-order valence-corrected chi connectivity index (χ4v) is 5.41. The number of rotatable bonds is 5. The van der Waals surface area contributed by atoms with Crippen molar-refractivity contribution in [2.75, 3.05) is 6.61 Å². The number of allylic oxidation sites excluding steroid dienone is 2. The highest BCUT2D eigenvalue weighted by Gasteiger charge is 2.69. The lowest BCUT2D eigenvalue weighted by Gasteiger charge is -2.33. The maximum Gasteiger partial charge on any atom is 0.309 e. The Morgan fingerprint density at radius 2 is 1.86 bits per heavy atom. The lowest BCUT2D eigenvalue weighted by atomic mass is 9.69. The Morgan fingerprint density at radius 1 is 1.14 bits per heavy atom. The van der Waals surface area contributed by atoms with Gasteiger partial charge in [0, 0.05) is 23.7 Å². The van der Waals surface area contributed by atoms with E-state index >= 15 is 0 Å². The van der Waals surface area contributed by atoms with Crippen molar-refractivity contribution in [3.8, 4) is 0 Å². The molecule has 0 spiro atoms. The third kappa shape index (κ3) is 1.73. The van der Waals surface area contributed by atoms with Crippen molar-refractivity contribution in [1.82, 2.24) is 0 Å². The van der Waals surface area contributed by atoms with Crippen molar-refractivity contribution in [2.24, 2.45) is 41.4 Å². The van der Waals surface area contributed by atoms with E-state index in [9.17, 15) is 14.4 Å². The van der Waals surface area contributed by atoms with Gasteiger partial charge in [-0.2, -0.15) is 0 Å². The summed E-state index contributed by atoms with van der Waals surface area (Å²) in [6.45, 7) is 2.56. The molecule has 4 aliphatic carbocycles. The lowest BCUT2D eigenvalue weighted by Crippen LogP contribution is -2.35. The SMILES string of the molecule is CCCCCOC(=O)C1CC2C(=O)C1C1C3C=CC(C3=O)C21. The zero-order valence-corrected chi connectivity index (χ0v) is 12.9. The van der Waals surface area contributed by atoms with Gasteiger partial charge in [-0.25, -0.2) is 0 Å². The predicted molar refractivity (Wildman–Crippen MR) is 78.7 cm³/mol. The number of fused-ring (bicyclic) bond motifs is 9. The molecule has 0 aromatic rings. The molecule has 4 bridgehead atoms. The minimum atomic E-state index is -0.305. The van der Waals surface area contributed by atoms with E-state index in [2.05, 4.69) is 6.92 Å². The van der Waals surface area contributed by atoms with Crippen LogP contribution in [0.5, 0.6) is 0 Å². The van der Waals surface area contributed by atoms with Gasteiger partial charge in [0.25, 0.3) is 0 Å². The summed E-state index contributed by atoms with van der Waals surface area (Å²) < 4.78 is 5.39. The van der Waals surface area contributed by atoms with E-state index in [1.807, 2.05) is 12.2 Å². The monoisotopic (exact) mass is 302 g/mol. The molecule has 22 heavy (non-hydrogen) atoms. The zero-order valence-electron chi connectivity index (χ0n) is 12.9. The summed E-state index contributed by atoms with van der Waals surface area (Å²) in [5.74, 6) is -0.322. The summed E-state index contributed by atoms with van der Waals surface area (Å²) >= 11 is 0. The van der Waals surface area contributed by atoms with Gasteiger partial charge in [0.15, 0.2) is 0 Å². The van der Waals surface area contributed by atoms with Crippen molar-refractivity contribution in [3.05, 3.63) is 12.2 Å². The van der Waals surface area contributed by atoms with Crippen LogP contribution in [-0.4, -0.2) is 24.1 Å². The molecular formula is C18H22O4. The fourth-order valence-electron chi connectivity index (χ4n) is 5.41. The molecule has 4 nitrogen and oxygen atoms in total. The van der Waals surface area contributed by atoms with Crippen LogP contribution >= 0.6 is 0 Å². The first-order valence-corrected chi connectivity index (χ1v) is 8.57. The second-order valence-corrected chi connectivity index (χ2v) is 7.24. The molecule has 0 amide bonds. The van der Waals surface area contributed by atoms with Gasteiger partial charge in [-0.05, 0) is 24.7 Å². The summed E-state index contributed by atoms with van der Waals surface area (Å²) in [7, 11) is 0. The number of esters is 1. The quantitative estimate of drug-likeness (QED) is 0.338. The molecule has 0 heterocycles. The third-order valence-electron chi connectivity index (χ3n) is 6.27. The first kappa shape index (κ1) is 14.2. The molecule has 0 aromatic carbocycles. The minimum absolute atomic E-state index is 0.0597. The smallest absolute Gasteiger partial charge is 0.309 e. The zero-order chi connectivity index (χ0) is 15.4. The van der Waals surface area contributed by atoms with Gasteiger partial charge < -0.3 is 4.74 Å². The van der Waals surface area contributed by atoms with Crippen molar-refractivity contribution in [1.29, 1.82) is 0 Å². The lowest BCUT2D eigenvalue weighted by molar-refractivity contribution is -0.152. The molecule has 4 rings (SSSR count). The Bertz CT molecular complexity index is 563. The number of Topliss-reactive ketones (excluding diaryl/α,β-unsaturated/α-hetero) is 2. The molecule has 4 aliphatic rings. The Labute approximate surface area is 130 Å². The van der Waals surface area contributed by atoms with Gasteiger partial charge in [-0.15, -0.1) is 0 Å². The average Bonchev–Trinajstić information content (AvgIpc) is 3.21. The van der Waals surface area contributed by atoms with Gasteiger partial charge >= 0.3 is 5.97 Å². The van der Waals surface area contributed by atoms with Crippen LogP contribution in [0.15, 0.2) is 12.2 Å². The number of carbonyl (C=O) groups is 3. The van der Waals surface area contributed by atoms with Gasteiger partial charge in [0.05, 0.1) is 12.5 Å². The molecule has 7 unspecified atom stereocenters. The molecule has 3 fully saturated rings. The topological polar surface area (TPSA) is 60.4 Å².